The molecule has 0 saturated heterocycles. The van der Waals surface area contributed by atoms with Crippen LogP contribution in [0.1, 0.15) is 23.1 Å². The van der Waals surface area contributed by atoms with Gasteiger partial charge in [-0.15, -0.1) is 0 Å². The highest BCUT2D eigenvalue weighted by atomic mass is 16.1. The molecule has 0 fully saturated rings. The highest BCUT2D eigenvalue weighted by molar-refractivity contribution is 5.75. The molecule has 3 aromatic rings. The zero-order valence-corrected chi connectivity index (χ0v) is 16.4. The van der Waals surface area contributed by atoms with Crippen molar-refractivity contribution in [3.8, 4) is 0 Å². The van der Waals surface area contributed by atoms with E-state index in [1.165, 1.54) is 22.9 Å². The topological polar surface area (TPSA) is 54.3 Å². The fourth-order valence-electron chi connectivity index (χ4n) is 3.71. The number of nitrogens with one attached hydrogen (secondary N) is 1. The van der Waals surface area contributed by atoms with E-state index in [1.54, 1.807) is 22.9 Å². The lowest BCUT2D eigenvalue weighted by atomic mass is 10.1. The molecule has 1 aliphatic rings. The molecular weight excluding hydrogens is 362 g/mol. The van der Waals surface area contributed by atoms with E-state index in [4.69, 9.17) is 0 Å². The van der Waals surface area contributed by atoms with Crippen molar-refractivity contribution in [3.05, 3.63) is 100.0 Å². The number of benzene rings is 2. The van der Waals surface area contributed by atoms with Crippen molar-refractivity contribution in [2.45, 2.75) is 32.5 Å². The molecule has 1 aromatic heterocycles. The van der Waals surface area contributed by atoms with Crippen molar-refractivity contribution in [2.24, 2.45) is 0 Å². The molecule has 1 N–H and O–H groups in total. The molecular formula is C24H25N3O2. The van der Waals surface area contributed by atoms with Crippen molar-refractivity contribution >= 4 is 11.6 Å². The second-order valence-corrected chi connectivity index (χ2v) is 7.38. The summed E-state index contributed by atoms with van der Waals surface area (Å²) < 4.78 is 1.55. The van der Waals surface area contributed by atoms with Crippen molar-refractivity contribution in [1.82, 2.24) is 9.88 Å². The maximum Gasteiger partial charge on any atom is 0.250 e. The number of rotatable bonds is 7. The lowest BCUT2D eigenvalue weighted by Crippen LogP contribution is -2.26. The maximum absolute atomic E-state index is 12.1. The molecule has 4 rings (SSSR count). The molecule has 0 spiro atoms. The van der Waals surface area contributed by atoms with Gasteiger partial charge >= 0.3 is 0 Å². The molecule has 0 saturated carbocycles. The number of nitrogens with zero attached hydrogens (tertiary/aromatic N) is 2. The summed E-state index contributed by atoms with van der Waals surface area (Å²) in [6.45, 7) is 2.84. The Morgan fingerprint density at radius 1 is 0.931 bits per heavy atom. The standard InChI is InChI=1S/C24H25N3O2/c28-23(13-16-26-14-4-3-7-24(26)29)25-17-19-8-10-20(11-9-19)18-27-15-12-21-5-1-2-6-22(21)27/h1-11,14H,12-13,15-18H2,(H,25,28). The first-order valence-electron chi connectivity index (χ1n) is 10.0. The molecule has 148 valence electrons. The van der Waals surface area contributed by atoms with Crippen molar-refractivity contribution in [1.29, 1.82) is 0 Å². The molecule has 0 atom stereocenters. The summed E-state index contributed by atoms with van der Waals surface area (Å²) in [6.07, 6.45) is 3.10. The molecule has 1 amide bonds. The Hall–Kier alpha value is -3.34. The van der Waals surface area contributed by atoms with Crippen molar-refractivity contribution < 1.29 is 4.79 Å². The number of carbonyl (C=O) groups excluding carboxylic acids is 1. The normalized spacial score (nSPS) is 12.6. The fraction of sp³-hybridized carbons (Fsp3) is 0.250. The highest BCUT2D eigenvalue weighted by Crippen LogP contribution is 2.28. The van der Waals surface area contributed by atoms with E-state index < -0.39 is 0 Å². The number of hydrogen-bond donors (Lipinski definition) is 1. The summed E-state index contributed by atoms with van der Waals surface area (Å²) in [5.74, 6) is -0.0569. The number of pyridine rings is 1. The van der Waals surface area contributed by atoms with Gasteiger partial charge in [0.1, 0.15) is 0 Å². The van der Waals surface area contributed by atoms with Crippen LogP contribution in [0.5, 0.6) is 0 Å². The smallest absolute Gasteiger partial charge is 0.250 e. The highest BCUT2D eigenvalue weighted by Gasteiger charge is 2.18. The van der Waals surface area contributed by atoms with Crippen LogP contribution in [-0.2, 0) is 30.8 Å². The number of amides is 1. The van der Waals surface area contributed by atoms with E-state index in [1.807, 2.05) is 0 Å². The Labute approximate surface area is 170 Å². The number of fused-ring (bicyclic) bond motifs is 1. The van der Waals surface area contributed by atoms with Crippen LogP contribution in [0.25, 0.3) is 0 Å². The first-order chi connectivity index (χ1) is 14.2. The average molecular weight is 387 g/mol. The van der Waals surface area contributed by atoms with Gasteiger partial charge in [-0.05, 0) is 35.2 Å². The Morgan fingerprint density at radius 3 is 2.52 bits per heavy atom. The van der Waals surface area contributed by atoms with Gasteiger partial charge in [-0.25, -0.2) is 0 Å². The molecule has 0 unspecified atom stereocenters. The second-order valence-electron chi connectivity index (χ2n) is 7.38. The van der Waals surface area contributed by atoms with E-state index in [0.717, 1.165) is 25.1 Å². The number of para-hydroxylation sites is 1. The van der Waals surface area contributed by atoms with Crippen LogP contribution >= 0.6 is 0 Å². The van der Waals surface area contributed by atoms with Gasteiger partial charge in [-0.1, -0.05) is 48.5 Å². The van der Waals surface area contributed by atoms with Gasteiger partial charge in [0.2, 0.25) is 5.91 Å². The number of anilines is 1. The van der Waals surface area contributed by atoms with Crippen LogP contribution in [0.2, 0.25) is 0 Å². The number of carbonyl (C=O) groups is 1. The van der Waals surface area contributed by atoms with E-state index in [-0.39, 0.29) is 17.9 Å². The molecule has 1 aliphatic heterocycles. The number of hydrogen-bond acceptors (Lipinski definition) is 3. The van der Waals surface area contributed by atoms with Crippen LogP contribution in [-0.4, -0.2) is 17.0 Å². The third kappa shape index (κ3) is 4.74. The van der Waals surface area contributed by atoms with Crippen LogP contribution in [0, 0.1) is 0 Å². The van der Waals surface area contributed by atoms with Gasteiger partial charge in [-0.2, -0.15) is 0 Å². The molecule has 0 bridgehead atoms. The first-order valence-corrected chi connectivity index (χ1v) is 10.0. The molecule has 2 aromatic carbocycles. The van der Waals surface area contributed by atoms with Gasteiger partial charge < -0.3 is 14.8 Å². The minimum absolute atomic E-state index is 0.0569. The molecule has 0 radical (unpaired) electrons. The lowest BCUT2D eigenvalue weighted by Gasteiger charge is -2.19. The van der Waals surface area contributed by atoms with E-state index >= 15 is 0 Å². The summed E-state index contributed by atoms with van der Waals surface area (Å²) in [5.41, 5.74) is 5.00. The predicted octanol–water partition coefficient (Wildman–Crippen LogP) is 3.12. The van der Waals surface area contributed by atoms with Gasteiger partial charge in [0.15, 0.2) is 0 Å². The minimum Gasteiger partial charge on any atom is -0.367 e. The zero-order chi connectivity index (χ0) is 20.1. The summed E-state index contributed by atoms with van der Waals surface area (Å²) in [5, 5.41) is 2.93. The SMILES string of the molecule is O=C(CCn1ccccc1=O)NCc1ccc(CN2CCc3ccccc32)cc1. The van der Waals surface area contributed by atoms with Crippen molar-refractivity contribution in [2.75, 3.05) is 11.4 Å². The van der Waals surface area contributed by atoms with Gasteiger partial charge in [0, 0.05) is 50.6 Å². The minimum atomic E-state index is -0.0866. The summed E-state index contributed by atoms with van der Waals surface area (Å²) in [6, 6.07) is 22.0. The molecule has 2 heterocycles. The van der Waals surface area contributed by atoms with E-state index in [2.05, 4.69) is 58.7 Å². The Bertz CT molecular complexity index is 1040. The average Bonchev–Trinajstić information content (AvgIpc) is 3.15. The van der Waals surface area contributed by atoms with Crippen LogP contribution in [0.3, 0.4) is 0 Å². The summed E-state index contributed by atoms with van der Waals surface area (Å²) in [4.78, 5) is 26.2. The molecule has 5 nitrogen and oxygen atoms in total. The largest absolute Gasteiger partial charge is 0.367 e. The van der Waals surface area contributed by atoms with Crippen molar-refractivity contribution in [3.63, 3.8) is 0 Å². The Balaban J connectivity index is 1.26. The third-order valence-electron chi connectivity index (χ3n) is 5.35. The second kappa shape index (κ2) is 8.78. The number of aromatic nitrogens is 1. The predicted molar refractivity (Wildman–Crippen MR) is 115 cm³/mol. The molecule has 0 aliphatic carbocycles. The zero-order valence-electron chi connectivity index (χ0n) is 16.4. The van der Waals surface area contributed by atoms with Crippen LogP contribution < -0.4 is 15.8 Å². The Kier molecular flexibility index (Phi) is 5.75. The first kappa shape index (κ1) is 19.0. The summed E-state index contributed by atoms with van der Waals surface area (Å²) in [7, 11) is 0. The van der Waals surface area contributed by atoms with E-state index in [0.29, 0.717) is 13.1 Å². The summed E-state index contributed by atoms with van der Waals surface area (Å²) >= 11 is 0. The lowest BCUT2D eigenvalue weighted by molar-refractivity contribution is -0.121. The fourth-order valence-corrected chi connectivity index (χ4v) is 3.71. The molecule has 5 heteroatoms. The van der Waals surface area contributed by atoms with Gasteiger partial charge in [-0.3, -0.25) is 9.59 Å². The van der Waals surface area contributed by atoms with Gasteiger partial charge in [0.25, 0.3) is 5.56 Å². The quantitative estimate of drug-likeness (QED) is 0.678. The molecule has 29 heavy (non-hydrogen) atoms. The third-order valence-corrected chi connectivity index (χ3v) is 5.35. The van der Waals surface area contributed by atoms with E-state index in [9.17, 15) is 9.59 Å². The maximum atomic E-state index is 12.1. The number of aryl methyl sites for hydroxylation is 1. The van der Waals surface area contributed by atoms with Gasteiger partial charge in [0.05, 0.1) is 0 Å². The Morgan fingerprint density at radius 2 is 1.69 bits per heavy atom. The van der Waals surface area contributed by atoms with Crippen LogP contribution in [0.15, 0.2) is 77.7 Å². The monoisotopic (exact) mass is 387 g/mol. The van der Waals surface area contributed by atoms with Crippen LogP contribution in [0.4, 0.5) is 5.69 Å².